The first-order valence-corrected chi connectivity index (χ1v) is 8.88. The molecule has 114 valence electrons. The molecule has 1 N–H and O–H groups in total. The van der Waals surface area contributed by atoms with E-state index in [9.17, 15) is 0 Å². The van der Waals surface area contributed by atoms with E-state index in [4.69, 9.17) is 0 Å². The van der Waals surface area contributed by atoms with Gasteiger partial charge in [-0.2, -0.15) is 0 Å². The van der Waals surface area contributed by atoms with Crippen LogP contribution in [0.3, 0.4) is 0 Å². The maximum atomic E-state index is 4.56. The number of nitrogens with one attached hydrogen (secondary N) is 1. The molecule has 0 saturated heterocycles. The lowest BCUT2D eigenvalue weighted by Gasteiger charge is -2.33. The maximum Gasteiger partial charge on any atom is 0.185 e. The van der Waals surface area contributed by atoms with Gasteiger partial charge in [-0.15, -0.1) is 11.3 Å². The molecule has 1 aliphatic carbocycles. The molecule has 3 atom stereocenters. The Hall–Kier alpha value is -0.610. The summed E-state index contributed by atoms with van der Waals surface area (Å²) in [6, 6.07) is 0.685. The van der Waals surface area contributed by atoms with Crippen LogP contribution in [0.15, 0.2) is 6.20 Å². The largest absolute Gasteiger partial charge is 0.349 e. The lowest BCUT2D eigenvalue weighted by Crippen LogP contribution is -2.38. The Balaban J connectivity index is 1.85. The van der Waals surface area contributed by atoms with Crippen LogP contribution in [0.25, 0.3) is 0 Å². The normalized spacial score (nSPS) is 26.7. The van der Waals surface area contributed by atoms with Crippen LogP contribution in [0.5, 0.6) is 0 Å². The third kappa shape index (κ3) is 3.95. The monoisotopic (exact) mass is 295 g/mol. The van der Waals surface area contributed by atoms with Crippen LogP contribution in [0.1, 0.15) is 51.8 Å². The zero-order valence-electron chi connectivity index (χ0n) is 13.4. The number of anilines is 1. The molecule has 1 heterocycles. The second kappa shape index (κ2) is 7.41. The van der Waals surface area contributed by atoms with Crippen molar-refractivity contribution in [2.45, 2.75) is 59.5 Å². The zero-order valence-corrected chi connectivity index (χ0v) is 14.2. The lowest BCUT2D eigenvalue weighted by atomic mass is 9.80. The second-order valence-electron chi connectivity index (χ2n) is 6.16. The maximum absolute atomic E-state index is 4.56. The van der Waals surface area contributed by atoms with E-state index < -0.39 is 0 Å². The molecule has 2 rings (SSSR count). The summed E-state index contributed by atoms with van der Waals surface area (Å²) in [5.41, 5.74) is 0. The van der Waals surface area contributed by atoms with Crippen LogP contribution in [0, 0.1) is 11.8 Å². The summed E-state index contributed by atoms with van der Waals surface area (Å²) in [6.45, 7) is 12.2. The van der Waals surface area contributed by atoms with E-state index in [1.807, 2.05) is 17.5 Å². The third-order valence-corrected chi connectivity index (χ3v) is 5.60. The summed E-state index contributed by atoms with van der Waals surface area (Å²) in [7, 11) is 0. The predicted molar refractivity (Wildman–Crippen MR) is 88.5 cm³/mol. The van der Waals surface area contributed by atoms with Crippen LogP contribution >= 0.6 is 11.3 Å². The summed E-state index contributed by atoms with van der Waals surface area (Å²) in [5, 5.41) is 4.91. The molecule has 1 saturated carbocycles. The number of hydrogen-bond acceptors (Lipinski definition) is 4. The number of nitrogens with zero attached hydrogens (tertiary/aromatic N) is 2. The minimum Gasteiger partial charge on any atom is -0.349 e. The van der Waals surface area contributed by atoms with E-state index in [1.165, 1.54) is 24.1 Å². The predicted octanol–water partition coefficient (Wildman–Crippen LogP) is 3.90. The fourth-order valence-corrected chi connectivity index (χ4v) is 4.21. The quantitative estimate of drug-likeness (QED) is 0.862. The van der Waals surface area contributed by atoms with E-state index in [-0.39, 0.29) is 0 Å². The highest BCUT2D eigenvalue weighted by molar-refractivity contribution is 7.15. The molecule has 3 nitrogen and oxygen atoms in total. The molecule has 0 bridgehead atoms. The highest BCUT2D eigenvalue weighted by Crippen LogP contribution is 2.29. The molecule has 0 amide bonds. The summed E-state index contributed by atoms with van der Waals surface area (Å²) in [6.07, 6.45) is 6.10. The molecule has 0 aliphatic heterocycles. The molecule has 0 spiro atoms. The first kappa shape index (κ1) is 15.8. The second-order valence-corrected chi connectivity index (χ2v) is 7.26. The summed E-state index contributed by atoms with van der Waals surface area (Å²) in [4.78, 5) is 8.24. The molecule has 1 aliphatic rings. The van der Waals surface area contributed by atoms with Gasteiger partial charge < -0.3 is 10.2 Å². The van der Waals surface area contributed by atoms with Crippen LogP contribution in [-0.4, -0.2) is 24.1 Å². The number of aromatic nitrogens is 1. The van der Waals surface area contributed by atoms with Crippen molar-refractivity contribution >= 4 is 16.5 Å². The van der Waals surface area contributed by atoms with Crippen molar-refractivity contribution < 1.29 is 0 Å². The molecule has 1 fully saturated rings. The van der Waals surface area contributed by atoms with Gasteiger partial charge in [0.15, 0.2) is 5.13 Å². The van der Waals surface area contributed by atoms with Gasteiger partial charge in [-0.3, -0.25) is 0 Å². The van der Waals surface area contributed by atoms with Crippen molar-refractivity contribution in [1.82, 2.24) is 10.3 Å². The van der Waals surface area contributed by atoms with E-state index in [2.05, 4.69) is 42.9 Å². The van der Waals surface area contributed by atoms with Gasteiger partial charge in [-0.1, -0.05) is 13.8 Å². The van der Waals surface area contributed by atoms with Gasteiger partial charge in [-0.05, 0) is 44.9 Å². The highest BCUT2D eigenvalue weighted by Gasteiger charge is 2.24. The Morgan fingerprint density at radius 3 is 2.70 bits per heavy atom. The first-order chi connectivity index (χ1) is 9.63. The van der Waals surface area contributed by atoms with Gasteiger partial charge in [-0.25, -0.2) is 4.98 Å². The smallest absolute Gasteiger partial charge is 0.185 e. The fourth-order valence-electron chi connectivity index (χ4n) is 3.22. The Labute approximate surface area is 127 Å². The van der Waals surface area contributed by atoms with Gasteiger partial charge in [0.1, 0.15) is 0 Å². The molecule has 20 heavy (non-hydrogen) atoms. The fraction of sp³-hybridized carbons (Fsp3) is 0.812. The number of rotatable bonds is 6. The standard InChI is InChI=1S/C16H29N3S/c1-5-19(6-2)16-18-11-14(20-16)10-17-15-8-7-12(3)9-13(15)4/h11-13,15,17H,5-10H2,1-4H3. The Morgan fingerprint density at radius 2 is 2.05 bits per heavy atom. The van der Waals surface area contributed by atoms with E-state index in [0.29, 0.717) is 6.04 Å². The Kier molecular flexibility index (Phi) is 5.85. The van der Waals surface area contributed by atoms with E-state index in [1.54, 1.807) is 0 Å². The van der Waals surface area contributed by atoms with Crippen molar-refractivity contribution in [2.24, 2.45) is 11.8 Å². The first-order valence-electron chi connectivity index (χ1n) is 8.07. The lowest BCUT2D eigenvalue weighted by molar-refractivity contribution is 0.227. The minimum absolute atomic E-state index is 0.685. The van der Waals surface area contributed by atoms with Gasteiger partial charge >= 0.3 is 0 Å². The molecule has 4 heteroatoms. The molecule has 0 radical (unpaired) electrons. The van der Waals surface area contributed by atoms with Crippen LogP contribution < -0.4 is 10.2 Å². The van der Waals surface area contributed by atoms with Crippen molar-refractivity contribution in [3.05, 3.63) is 11.1 Å². The molecular weight excluding hydrogens is 266 g/mol. The van der Waals surface area contributed by atoms with E-state index >= 15 is 0 Å². The van der Waals surface area contributed by atoms with Crippen molar-refractivity contribution in [1.29, 1.82) is 0 Å². The van der Waals surface area contributed by atoms with Crippen LogP contribution in [0.2, 0.25) is 0 Å². The van der Waals surface area contributed by atoms with Crippen LogP contribution in [-0.2, 0) is 6.54 Å². The van der Waals surface area contributed by atoms with E-state index in [0.717, 1.165) is 36.6 Å². The van der Waals surface area contributed by atoms with Crippen molar-refractivity contribution in [2.75, 3.05) is 18.0 Å². The average Bonchev–Trinajstić information content (AvgIpc) is 2.88. The summed E-state index contributed by atoms with van der Waals surface area (Å²) >= 11 is 1.83. The van der Waals surface area contributed by atoms with Crippen LogP contribution in [0.4, 0.5) is 5.13 Å². The Bertz CT molecular complexity index is 400. The third-order valence-electron chi connectivity index (χ3n) is 4.55. The molecular formula is C16H29N3S. The van der Waals surface area contributed by atoms with Crippen molar-refractivity contribution in [3.8, 4) is 0 Å². The zero-order chi connectivity index (χ0) is 14.5. The van der Waals surface area contributed by atoms with Gasteiger partial charge in [0, 0.05) is 36.8 Å². The summed E-state index contributed by atoms with van der Waals surface area (Å²) in [5.74, 6) is 1.70. The summed E-state index contributed by atoms with van der Waals surface area (Å²) < 4.78 is 0. The number of hydrogen-bond donors (Lipinski definition) is 1. The topological polar surface area (TPSA) is 28.2 Å². The average molecular weight is 295 g/mol. The molecule has 0 aromatic carbocycles. The number of thiazole rings is 1. The minimum atomic E-state index is 0.685. The molecule has 3 unspecified atom stereocenters. The van der Waals surface area contributed by atoms with Gasteiger partial charge in [0.25, 0.3) is 0 Å². The molecule has 1 aromatic heterocycles. The van der Waals surface area contributed by atoms with Crippen molar-refractivity contribution in [3.63, 3.8) is 0 Å². The highest BCUT2D eigenvalue weighted by atomic mass is 32.1. The molecule has 1 aromatic rings. The van der Waals surface area contributed by atoms with Gasteiger partial charge in [0.2, 0.25) is 0 Å². The Morgan fingerprint density at radius 1 is 1.30 bits per heavy atom. The SMILES string of the molecule is CCN(CC)c1ncc(CNC2CCC(C)CC2C)s1. The van der Waals surface area contributed by atoms with Gasteiger partial charge in [0.05, 0.1) is 0 Å².